The number of nitrogen functional groups attached to an aromatic ring is 1. The Labute approximate surface area is 150 Å². The van der Waals surface area contributed by atoms with Gasteiger partial charge in [-0.1, -0.05) is 17.3 Å². The van der Waals surface area contributed by atoms with Crippen LogP contribution in [0.3, 0.4) is 0 Å². The first-order valence-corrected chi connectivity index (χ1v) is 9.40. The molecule has 2 fully saturated rings. The number of hydrogen-bond acceptors (Lipinski definition) is 5. The first-order chi connectivity index (χ1) is 11.9. The summed E-state index contributed by atoms with van der Waals surface area (Å²) in [5.74, 6) is 1.31. The zero-order valence-electron chi connectivity index (χ0n) is 15.4. The minimum atomic E-state index is -0.561. The van der Waals surface area contributed by atoms with Crippen molar-refractivity contribution in [3.05, 3.63) is 29.8 Å². The Morgan fingerprint density at radius 3 is 2.40 bits per heavy atom. The highest BCUT2D eigenvalue weighted by molar-refractivity contribution is 5.92. The van der Waals surface area contributed by atoms with Gasteiger partial charge in [-0.25, -0.2) is 0 Å². The third kappa shape index (κ3) is 6.01. The fourth-order valence-corrected chi connectivity index (χ4v) is 3.10. The number of rotatable bonds is 10. The molecule has 0 spiro atoms. The highest BCUT2D eigenvalue weighted by Gasteiger charge is 2.38. The van der Waals surface area contributed by atoms with Gasteiger partial charge < -0.3 is 21.0 Å². The molecule has 1 aromatic rings. The first-order valence-electron chi connectivity index (χ1n) is 9.40. The molecular formula is C20H31N3O2. The fraction of sp³-hybridized carbons (Fsp3) is 0.650. The van der Waals surface area contributed by atoms with Crippen LogP contribution in [0.15, 0.2) is 29.4 Å². The number of aliphatic hydroxyl groups excluding tert-OH is 1. The second-order valence-corrected chi connectivity index (χ2v) is 8.20. The topological polar surface area (TPSA) is 79.9 Å². The highest BCUT2D eigenvalue weighted by Crippen LogP contribution is 2.42. The van der Waals surface area contributed by atoms with Gasteiger partial charge in [0.25, 0.3) is 0 Å². The molecule has 0 heterocycles. The van der Waals surface area contributed by atoms with Crippen LogP contribution in [0.4, 0.5) is 5.69 Å². The Morgan fingerprint density at radius 2 is 1.84 bits per heavy atom. The number of β-amino-alcohol motifs (C(OH)–C–C–N with tert-alkyl or cyclic N) is 1. The van der Waals surface area contributed by atoms with Crippen LogP contribution in [0, 0.1) is 11.8 Å². The molecule has 25 heavy (non-hydrogen) atoms. The molecule has 3 rings (SSSR count). The van der Waals surface area contributed by atoms with Gasteiger partial charge >= 0.3 is 0 Å². The second-order valence-electron chi connectivity index (χ2n) is 8.20. The van der Waals surface area contributed by atoms with Crippen LogP contribution in [-0.4, -0.2) is 35.6 Å². The molecule has 0 saturated heterocycles. The molecule has 2 aliphatic carbocycles. The number of anilines is 1. The number of benzene rings is 1. The molecule has 5 nitrogen and oxygen atoms in total. The highest BCUT2D eigenvalue weighted by atomic mass is 16.6. The molecule has 138 valence electrons. The van der Waals surface area contributed by atoms with E-state index in [1.54, 1.807) is 0 Å². The van der Waals surface area contributed by atoms with Gasteiger partial charge in [-0.2, -0.15) is 0 Å². The predicted molar refractivity (Wildman–Crippen MR) is 101 cm³/mol. The van der Waals surface area contributed by atoms with E-state index < -0.39 is 6.10 Å². The Morgan fingerprint density at radius 1 is 1.24 bits per heavy atom. The van der Waals surface area contributed by atoms with E-state index in [2.05, 4.69) is 24.3 Å². The standard InChI is InChI=1S/C20H31N3O2/c1-20(2,11-14-3-9-17(21)10-4-14)22-12-18(24)13-25-23-19(15-5-6-15)16-7-8-16/h3-4,9-10,15-16,18,22,24H,5-8,11-13,21H2,1-2H3. The van der Waals surface area contributed by atoms with Crippen LogP contribution in [0.2, 0.25) is 0 Å². The number of nitrogens with two attached hydrogens (primary N) is 1. The third-order valence-corrected chi connectivity index (χ3v) is 4.87. The molecule has 2 saturated carbocycles. The minimum Gasteiger partial charge on any atom is -0.399 e. The smallest absolute Gasteiger partial charge is 0.144 e. The van der Waals surface area contributed by atoms with Gasteiger partial charge in [-0.3, -0.25) is 0 Å². The van der Waals surface area contributed by atoms with Gasteiger partial charge in [0.05, 0.1) is 5.71 Å². The zero-order chi connectivity index (χ0) is 17.9. The average molecular weight is 345 g/mol. The summed E-state index contributed by atoms with van der Waals surface area (Å²) in [5.41, 5.74) is 8.85. The van der Waals surface area contributed by atoms with E-state index in [9.17, 15) is 5.11 Å². The van der Waals surface area contributed by atoms with Crippen molar-refractivity contribution in [2.45, 2.75) is 57.6 Å². The summed E-state index contributed by atoms with van der Waals surface area (Å²) in [6.45, 7) is 4.99. The molecule has 0 amide bonds. The molecule has 0 aromatic heterocycles. The summed E-state index contributed by atoms with van der Waals surface area (Å²) in [6, 6.07) is 7.93. The Bertz CT molecular complexity index is 575. The lowest BCUT2D eigenvalue weighted by atomic mass is 9.94. The lowest BCUT2D eigenvalue weighted by Crippen LogP contribution is -2.45. The van der Waals surface area contributed by atoms with Gasteiger partial charge in [-0.05, 0) is 63.6 Å². The third-order valence-electron chi connectivity index (χ3n) is 4.87. The Kier molecular flexibility index (Phi) is 5.64. The maximum absolute atomic E-state index is 10.2. The summed E-state index contributed by atoms with van der Waals surface area (Å²) >= 11 is 0. The fourth-order valence-electron chi connectivity index (χ4n) is 3.10. The summed E-state index contributed by atoms with van der Waals surface area (Å²) < 4.78 is 0. The largest absolute Gasteiger partial charge is 0.399 e. The van der Waals surface area contributed by atoms with Gasteiger partial charge in [0.15, 0.2) is 0 Å². The Hall–Kier alpha value is -1.59. The molecular weight excluding hydrogens is 314 g/mol. The maximum atomic E-state index is 10.2. The van der Waals surface area contributed by atoms with Crippen LogP contribution in [0.25, 0.3) is 0 Å². The maximum Gasteiger partial charge on any atom is 0.144 e. The van der Waals surface area contributed by atoms with Gasteiger partial charge in [0, 0.05) is 29.6 Å². The van der Waals surface area contributed by atoms with Gasteiger partial charge in [-0.15, -0.1) is 0 Å². The van der Waals surface area contributed by atoms with Crippen molar-refractivity contribution >= 4 is 11.4 Å². The van der Waals surface area contributed by atoms with Crippen molar-refractivity contribution in [3.8, 4) is 0 Å². The average Bonchev–Trinajstić information content (AvgIpc) is 3.45. The van der Waals surface area contributed by atoms with Crippen molar-refractivity contribution in [2.75, 3.05) is 18.9 Å². The lowest BCUT2D eigenvalue weighted by Gasteiger charge is -2.28. The van der Waals surface area contributed by atoms with E-state index in [4.69, 9.17) is 10.6 Å². The van der Waals surface area contributed by atoms with E-state index in [0.29, 0.717) is 18.4 Å². The summed E-state index contributed by atoms with van der Waals surface area (Å²) in [6.07, 6.45) is 5.32. The summed E-state index contributed by atoms with van der Waals surface area (Å²) in [5, 5.41) is 17.9. The molecule has 1 unspecified atom stereocenters. The van der Waals surface area contributed by atoms with E-state index in [1.807, 2.05) is 24.3 Å². The monoisotopic (exact) mass is 345 g/mol. The van der Waals surface area contributed by atoms with E-state index in [-0.39, 0.29) is 12.1 Å². The van der Waals surface area contributed by atoms with Crippen LogP contribution in [0.5, 0.6) is 0 Å². The number of oxime groups is 1. The van der Waals surface area contributed by atoms with Crippen molar-refractivity contribution in [2.24, 2.45) is 17.0 Å². The number of nitrogens with one attached hydrogen (secondary N) is 1. The number of aliphatic hydroxyl groups is 1. The first kappa shape index (κ1) is 18.2. The van der Waals surface area contributed by atoms with Crippen molar-refractivity contribution in [1.29, 1.82) is 0 Å². The van der Waals surface area contributed by atoms with E-state index in [0.717, 1.165) is 12.1 Å². The number of hydrogen-bond donors (Lipinski definition) is 3. The molecule has 4 N–H and O–H groups in total. The summed E-state index contributed by atoms with van der Waals surface area (Å²) in [4.78, 5) is 5.44. The van der Waals surface area contributed by atoms with Crippen LogP contribution in [0.1, 0.15) is 45.1 Å². The van der Waals surface area contributed by atoms with Gasteiger partial charge in [0.1, 0.15) is 12.7 Å². The number of nitrogens with zero attached hydrogens (tertiary/aromatic N) is 1. The zero-order valence-corrected chi connectivity index (χ0v) is 15.4. The van der Waals surface area contributed by atoms with Crippen molar-refractivity contribution in [3.63, 3.8) is 0 Å². The molecule has 0 radical (unpaired) electrons. The Balaban J connectivity index is 1.39. The predicted octanol–water partition coefficient (Wildman–Crippen LogP) is 2.73. The second kappa shape index (κ2) is 7.75. The van der Waals surface area contributed by atoms with E-state index >= 15 is 0 Å². The normalized spacial score (nSPS) is 18.7. The van der Waals surface area contributed by atoms with Crippen molar-refractivity contribution < 1.29 is 9.94 Å². The SMILES string of the molecule is CC(C)(Cc1ccc(N)cc1)NCC(O)CON=C(C1CC1)C1CC1. The molecule has 5 heteroatoms. The minimum absolute atomic E-state index is 0.118. The molecule has 1 atom stereocenters. The van der Waals surface area contributed by atoms with E-state index in [1.165, 1.54) is 37.0 Å². The van der Waals surface area contributed by atoms with Crippen LogP contribution in [-0.2, 0) is 11.3 Å². The van der Waals surface area contributed by atoms with Crippen LogP contribution < -0.4 is 11.1 Å². The lowest BCUT2D eigenvalue weighted by molar-refractivity contribution is 0.0360. The molecule has 2 aliphatic rings. The van der Waals surface area contributed by atoms with Crippen molar-refractivity contribution in [1.82, 2.24) is 5.32 Å². The molecule has 1 aromatic carbocycles. The quantitative estimate of drug-likeness (QED) is 0.346. The van der Waals surface area contributed by atoms with Crippen LogP contribution >= 0.6 is 0 Å². The molecule has 0 aliphatic heterocycles. The summed E-state index contributed by atoms with van der Waals surface area (Å²) in [7, 11) is 0. The molecule has 0 bridgehead atoms. The van der Waals surface area contributed by atoms with Gasteiger partial charge in [0.2, 0.25) is 0 Å².